The number of nitrogens with one attached hydrogen (secondary N) is 1. The third-order valence-corrected chi connectivity index (χ3v) is 3.84. The first-order valence-corrected chi connectivity index (χ1v) is 6.93. The molecule has 0 saturated heterocycles. The minimum absolute atomic E-state index is 0.155. The third kappa shape index (κ3) is 2.52. The molecule has 2 amide bonds. The van der Waals surface area contributed by atoms with Gasteiger partial charge in [0.15, 0.2) is 0 Å². The largest absolute Gasteiger partial charge is 0.341 e. The number of rotatable bonds is 2. The van der Waals surface area contributed by atoms with Crippen molar-refractivity contribution in [1.29, 1.82) is 0 Å². The van der Waals surface area contributed by atoms with E-state index in [1.807, 2.05) is 0 Å². The molecule has 1 aliphatic heterocycles. The van der Waals surface area contributed by atoms with Gasteiger partial charge < -0.3 is 14.8 Å². The molecule has 1 aromatic heterocycles. The topological polar surface area (TPSA) is 54.3 Å². The molecule has 1 unspecified atom stereocenters. The summed E-state index contributed by atoms with van der Waals surface area (Å²) in [5, 5.41) is 3.35. The quantitative estimate of drug-likeness (QED) is 0.925. The number of halogens is 1. The van der Waals surface area contributed by atoms with Crippen molar-refractivity contribution in [1.82, 2.24) is 9.47 Å². The number of anilines is 1. The minimum Gasteiger partial charge on any atom is -0.341 e. The highest BCUT2D eigenvalue weighted by Gasteiger charge is 2.33. The first-order chi connectivity index (χ1) is 10.1. The summed E-state index contributed by atoms with van der Waals surface area (Å²) in [7, 11) is 1.64. The lowest BCUT2D eigenvalue weighted by molar-refractivity contribution is -0.120. The number of aromatic nitrogens is 1. The summed E-state index contributed by atoms with van der Waals surface area (Å²) in [5.41, 5.74) is 1.22. The zero-order chi connectivity index (χ0) is 15.0. The second-order valence-electron chi connectivity index (χ2n) is 4.98. The van der Waals surface area contributed by atoms with Gasteiger partial charge in [0.2, 0.25) is 5.91 Å². The van der Waals surface area contributed by atoms with Gasteiger partial charge in [-0.05, 0) is 30.3 Å². The van der Waals surface area contributed by atoms with E-state index in [0.717, 1.165) is 0 Å². The van der Waals surface area contributed by atoms with Gasteiger partial charge in [-0.1, -0.05) is 17.7 Å². The summed E-state index contributed by atoms with van der Waals surface area (Å²) in [6, 6.07) is 9.94. The summed E-state index contributed by atoms with van der Waals surface area (Å²) >= 11 is 5.90. The first kappa shape index (κ1) is 13.7. The monoisotopic (exact) mass is 303 g/mol. The number of hydrogen-bond acceptors (Lipinski definition) is 2. The van der Waals surface area contributed by atoms with Crippen molar-refractivity contribution in [2.45, 2.75) is 12.6 Å². The number of nitrogens with zero attached hydrogens (tertiary/aromatic N) is 2. The van der Waals surface area contributed by atoms with Gasteiger partial charge >= 0.3 is 0 Å². The fourth-order valence-electron chi connectivity index (χ4n) is 2.45. The molecule has 21 heavy (non-hydrogen) atoms. The molecule has 1 N–H and O–H groups in total. The summed E-state index contributed by atoms with van der Waals surface area (Å²) in [4.78, 5) is 26.1. The molecular formula is C15H14ClN3O2. The van der Waals surface area contributed by atoms with Gasteiger partial charge in [0.1, 0.15) is 11.7 Å². The first-order valence-electron chi connectivity index (χ1n) is 6.55. The van der Waals surface area contributed by atoms with Crippen LogP contribution in [-0.2, 0) is 11.3 Å². The standard InChI is InChI=1S/C15H14ClN3O2/c1-18-13(9-19-7-3-6-12(19)15(18)21)14(20)17-11-5-2-4-10(16)8-11/h2-8,13H,9H2,1H3,(H,17,20). The molecule has 1 aliphatic rings. The second-order valence-corrected chi connectivity index (χ2v) is 5.41. The van der Waals surface area contributed by atoms with Gasteiger partial charge in [0.25, 0.3) is 5.91 Å². The summed E-state index contributed by atoms with van der Waals surface area (Å²) in [6.45, 7) is 0.441. The average Bonchev–Trinajstić information content (AvgIpc) is 2.91. The van der Waals surface area contributed by atoms with E-state index < -0.39 is 6.04 Å². The Balaban J connectivity index is 1.81. The highest BCUT2D eigenvalue weighted by atomic mass is 35.5. The molecule has 0 radical (unpaired) electrons. The Labute approximate surface area is 127 Å². The van der Waals surface area contributed by atoms with Crippen LogP contribution in [0.2, 0.25) is 5.02 Å². The maximum Gasteiger partial charge on any atom is 0.270 e. The maximum absolute atomic E-state index is 12.4. The van der Waals surface area contributed by atoms with Crippen molar-refractivity contribution in [3.05, 3.63) is 53.3 Å². The molecule has 3 rings (SSSR count). The average molecular weight is 304 g/mol. The molecular weight excluding hydrogens is 290 g/mol. The lowest BCUT2D eigenvalue weighted by Gasteiger charge is -2.32. The Morgan fingerprint density at radius 2 is 2.14 bits per heavy atom. The molecule has 0 saturated carbocycles. The van der Waals surface area contributed by atoms with E-state index in [0.29, 0.717) is 22.9 Å². The highest BCUT2D eigenvalue weighted by Crippen LogP contribution is 2.19. The van der Waals surface area contributed by atoms with Crippen molar-refractivity contribution in [3.63, 3.8) is 0 Å². The van der Waals surface area contributed by atoms with Crippen molar-refractivity contribution >= 4 is 29.1 Å². The molecule has 0 bridgehead atoms. The van der Waals surface area contributed by atoms with Gasteiger partial charge in [-0.3, -0.25) is 9.59 Å². The fourth-order valence-corrected chi connectivity index (χ4v) is 2.64. The number of likely N-dealkylation sites (N-methyl/N-ethyl adjacent to an activating group) is 1. The number of fused-ring (bicyclic) bond motifs is 1. The van der Waals surface area contributed by atoms with Crippen LogP contribution in [0, 0.1) is 0 Å². The molecule has 108 valence electrons. The van der Waals surface area contributed by atoms with E-state index in [1.165, 1.54) is 4.90 Å². The third-order valence-electron chi connectivity index (χ3n) is 3.60. The normalized spacial score (nSPS) is 17.5. The van der Waals surface area contributed by atoms with Crippen LogP contribution in [0.4, 0.5) is 5.69 Å². The number of amides is 2. The zero-order valence-electron chi connectivity index (χ0n) is 11.4. The van der Waals surface area contributed by atoms with Crippen LogP contribution in [0.1, 0.15) is 10.5 Å². The van der Waals surface area contributed by atoms with Crippen molar-refractivity contribution in [3.8, 4) is 0 Å². The van der Waals surface area contributed by atoms with Gasteiger partial charge in [-0.2, -0.15) is 0 Å². The van der Waals surface area contributed by atoms with Crippen LogP contribution in [0.15, 0.2) is 42.6 Å². The van der Waals surface area contributed by atoms with Crippen LogP contribution in [-0.4, -0.2) is 34.4 Å². The predicted molar refractivity (Wildman–Crippen MR) is 80.4 cm³/mol. The predicted octanol–water partition coefficient (Wildman–Crippen LogP) is 2.23. The summed E-state index contributed by atoms with van der Waals surface area (Å²) in [6.07, 6.45) is 1.81. The van der Waals surface area contributed by atoms with Gasteiger partial charge in [0, 0.05) is 24.0 Å². The van der Waals surface area contributed by atoms with E-state index >= 15 is 0 Å². The molecule has 0 fully saturated rings. The Hall–Kier alpha value is -2.27. The lowest BCUT2D eigenvalue weighted by Crippen LogP contribution is -2.51. The number of hydrogen-bond donors (Lipinski definition) is 1. The number of carbonyl (C=O) groups excluding carboxylic acids is 2. The number of carbonyl (C=O) groups is 2. The zero-order valence-corrected chi connectivity index (χ0v) is 12.2. The van der Waals surface area contributed by atoms with E-state index in [2.05, 4.69) is 5.32 Å². The fraction of sp³-hybridized carbons (Fsp3) is 0.200. The van der Waals surface area contributed by atoms with Crippen molar-refractivity contribution < 1.29 is 9.59 Å². The molecule has 1 atom stereocenters. The van der Waals surface area contributed by atoms with Gasteiger partial charge in [-0.15, -0.1) is 0 Å². The van der Waals surface area contributed by atoms with Crippen LogP contribution in [0.3, 0.4) is 0 Å². The Kier molecular flexibility index (Phi) is 3.43. The number of benzene rings is 1. The Morgan fingerprint density at radius 1 is 1.33 bits per heavy atom. The molecule has 2 heterocycles. The van der Waals surface area contributed by atoms with E-state index in [-0.39, 0.29) is 11.8 Å². The molecule has 0 spiro atoms. The van der Waals surface area contributed by atoms with Crippen molar-refractivity contribution in [2.24, 2.45) is 0 Å². The lowest BCUT2D eigenvalue weighted by atomic mass is 10.1. The van der Waals surface area contributed by atoms with Crippen LogP contribution >= 0.6 is 11.6 Å². The highest BCUT2D eigenvalue weighted by molar-refractivity contribution is 6.30. The second kappa shape index (κ2) is 5.26. The van der Waals surface area contributed by atoms with Crippen molar-refractivity contribution in [2.75, 3.05) is 12.4 Å². The maximum atomic E-state index is 12.4. The molecule has 5 nitrogen and oxygen atoms in total. The van der Waals surface area contributed by atoms with Crippen LogP contribution in [0.5, 0.6) is 0 Å². The molecule has 1 aromatic carbocycles. The Morgan fingerprint density at radius 3 is 2.90 bits per heavy atom. The summed E-state index contributed by atoms with van der Waals surface area (Å²) in [5.74, 6) is -0.384. The summed E-state index contributed by atoms with van der Waals surface area (Å²) < 4.78 is 1.80. The van der Waals surface area contributed by atoms with E-state index in [9.17, 15) is 9.59 Å². The van der Waals surface area contributed by atoms with Gasteiger partial charge in [-0.25, -0.2) is 0 Å². The van der Waals surface area contributed by atoms with E-state index in [4.69, 9.17) is 11.6 Å². The minimum atomic E-state index is -0.545. The van der Waals surface area contributed by atoms with Crippen LogP contribution in [0.25, 0.3) is 0 Å². The van der Waals surface area contributed by atoms with Gasteiger partial charge in [0.05, 0.1) is 6.54 Å². The molecule has 0 aliphatic carbocycles. The molecule has 2 aromatic rings. The smallest absolute Gasteiger partial charge is 0.270 e. The molecule has 6 heteroatoms. The SMILES string of the molecule is CN1C(=O)c2cccn2CC1C(=O)Nc1cccc(Cl)c1. The van der Waals surface area contributed by atoms with Crippen LogP contribution < -0.4 is 5.32 Å². The Bertz CT molecular complexity index is 710. The van der Waals surface area contributed by atoms with E-state index in [1.54, 1.807) is 54.2 Å².